The summed E-state index contributed by atoms with van der Waals surface area (Å²) in [6.07, 6.45) is 2.70. The van der Waals surface area contributed by atoms with Gasteiger partial charge in [-0.05, 0) is 36.2 Å². The highest BCUT2D eigenvalue weighted by Gasteiger charge is 2.18. The van der Waals surface area contributed by atoms with Crippen LogP contribution in [0.25, 0.3) is 11.6 Å². The number of furan rings is 1. The average molecular weight is 474 g/mol. The first-order chi connectivity index (χ1) is 16.7. The van der Waals surface area contributed by atoms with Crippen LogP contribution in [0, 0.1) is 11.3 Å². The van der Waals surface area contributed by atoms with Gasteiger partial charge in [0.2, 0.25) is 11.7 Å². The number of amides is 1. The summed E-state index contributed by atoms with van der Waals surface area (Å²) >= 11 is 1.31. The minimum absolute atomic E-state index is 0.165. The van der Waals surface area contributed by atoms with Crippen LogP contribution in [0.1, 0.15) is 18.4 Å². The molecule has 0 aliphatic carbocycles. The number of carbonyl (C=O) groups excluding carboxylic acids is 1. The summed E-state index contributed by atoms with van der Waals surface area (Å²) in [6.45, 7) is 1.01. The Balaban J connectivity index is 1.40. The fourth-order valence-corrected chi connectivity index (χ4v) is 3.96. The van der Waals surface area contributed by atoms with Crippen molar-refractivity contribution in [1.82, 2.24) is 14.8 Å². The van der Waals surface area contributed by atoms with E-state index < -0.39 is 0 Å². The van der Waals surface area contributed by atoms with Crippen molar-refractivity contribution in [3.8, 4) is 23.4 Å². The molecule has 34 heavy (non-hydrogen) atoms. The number of nitrogens with one attached hydrogen (secondary N) is 1. The summed E-state index contributed by atoms with van der Waals surface area (Å²) < 4.78 is 13.1. The van der Waals surface area contributed by atoms with Crippen molar-refractivity contribution in [3.63, 3.8) is 0 Å². The number of ether oxygens (including phenoxy) is 1. The van der Waals surface area contributed by atoms with Gasteiger partial charge in [-0.1, -0.05) is 48.2 Å². The smallest absolute Gasteiger partial charge is 0.234 e. The molecule has 0 atom stereocenters. The number of thioether (sulfide) groups is 1. The van der Waals surface area contributed by atoms with E-state index in [4.69, 9.17) is 14.4 Å². The van der Waals surface area contributed by atoms with Crippen molar-refractivity contribution < 1.29 is 13.9 Å². The van der Waals surface area contributed by atoms with Crippen LogP contribution in [0.5, 0.6) is 5.75 Å². The highest BCUT2D eigenvalue weighted by molar-refractivity contribution is 7.99. The number of hydrogen-bond acceptors (Lipinski definition) is 7. The molecule has 0 saturated carbocycles. The molecule has 2 aromatic carbocycles. The van der Waals surface area contributed by atoms with Crippen molar-refractivity contribution >= 4 is 23.4 Å². The zero-order valence-corrected chi connectivity index (χ0v) is 19.2. The van der Waals surface area contributed by atoms with Crippen molar-refractivity contribution in [2.24, 2.45) is 0 Å². The van der Waals surface area contributed by atoms with Crippen molar-refractivity contribution in [2.45, 2.75) is 24.5 Å². The highest BCUT2D eigenvalue weighted by Crippen LogP contribution is 2.26. The van der Waals surface area contributed by atoms with Gasteiger partial charge in [0.05, 0.1) is 31.2 Å². The van der Waals surface area contributed by atoms with Crippen molar-refractivity contribution in [3.05, 3.63) is 78.6 Å². The Bertz CT molecular complexity index is 1250. The van der Waals surface area contributed by atoms with Gasteiger partial charge in [0.25, 0.3) is 0 Å². The SMILES string of the molecule is N#CCCCOc1cccc(NC(=O)CSc2nnc(-c3ccco3)n2Cc2ccccc2)c1. The molecule has 0 radical (unpaired) electrons. The second-order valence-electron chi connectivity index (χ2n) is 7.33. The largest absolute Gasteiger partial charge is 0.493 e. The molecule has 9 heteroatoms. The van der Waals surface area contributed by atoms with Gasteiger partial charge in [-0.25, -0.2) is 0 Å². The van der Waals surface area contributed by atoms with E-state index in [1.54, 1.807) is 24.5 Å². The monoisotopic (exact) mass is 473 g/mol. The van der Waals surface area contributed by atoms with Crippen LogP contribution in [0.2, 0.25) is 0 Å². The predicted molar refractivity (Wildman–Crippen MR) is 129 cm³/mol. The molecular formula is C25H23N5O3S. The Morgan fingerprint density at radius 1 is 1.12 bits per heavy atom. The Morgan fingerprint density at radius 3 is 2.79 bits per heavy atom. The van der Waals surface area contributed by atoms with E-state index >= 15 is 0 Å². The fourth-order valence-electron chi connectivity index (χ4n) is 3.22. The summed E-state index contributed by atoms with van der Waals surface area (Å²) in [5.74, 6) is 1.87. The molecule has 4 aromatic rings. The average Bonchev–Trinajstić information content (AvgIpc) is 3.52. The van der Waals surface area contributed by atoms with Gasteiger partial charge in [0, 0.05) is 18.2 Å². The molecule has 172 valence electrons. The van der Waals surface area contributed by atoms with Crippen LogP contribution >= 0.6 is 11.8 Å². The molecule has 0 bridgehead atoms. The first-order valence-electron chi connectivity index (χ1n) is 10.8. The molecular weight excluding hydrogens is 450 g/mol. The van der Waals surface area contributed by atoms with Gasteiger partial charge in [-0.2, -0.15) is 5.26 Å². The molecule has 2 aromatic heterocycles. The third-order valence-corrected chi connectivity index (χ3v) is 5.76. The Kier molecular flexibility index (Phi) is 7.98. The van der Waals surface area contributed by atoms with Gasteiger partial charge in [-0.15, -0.1) is 10.2 Å². The van der Waals surface area contributed by atoms with Gasteiger partial charge in [0.1, 0.15) is 5.75 Å². The number of nitriles is 1. The number of carbonyl (C=O) groups is 1. The molecule has 0 aliphatic rings. The molecule has 0 aliphatic heterocycles. The lowest BCUT2D eigenvalue weighted by Crippen LogP contribution is -2.15. The molecule has 4 rings (SSSR count). The summed E-state index contributed by atoms with van der Waals surface area (Å²) in [4.78, 5) is 12.6. The van der Waals surface area contributed by atoms with Crippen molar-refractivity contribution in [2.75, 3.05) is 17.7 Å². The standard InChI is InChI=1S/C25H23N5O3S/c26-13-4-5-14-32-21-11-6-10-20(16-21)27-23(31)18-34-25-29-28-24(22-12-7-15-33-22)30(25)17-19-8-2-1-3-9-19/h1-3,6-12,15-16H,4-5,14,17-18H2,(H,27,31). The molecule has 0 fully saturated rings. The van der Waals surface area contributed by atoms with Gasteiger partial charge in [-0.3, -0.25) is 9.36 Å². The lowest BCUT2D eigenvalue weighted by atomic mass is 10.2. The first-order valence-corrected chi connectivity index (χ1v) is 11.7. The second-order valence-corrected chi connectivity index (χ2v) is 8.27. The van der Waals surface area contributed by atoms with Crippen LogP contribution < -0.4 is 10.1 Å². The number of nitrogens with zero attached hydrogens (tertiary/aromatic N) is 4. The van der Waals surface area contributed by atoms with E-state index in [1.807, 2.05) is 53.1 Å². The lowest BCUT2D eigenvalue weighted by molar-refractivity contribution is -0.113. The van der Waals surface area contributed by atoms with Crippen LogP contribution in [0.3, 0.4) is 0 Å². The van der Waals surface area contributed by atoms with E-state index in [9.17, 15) is 4.79 Å². The quantitative estimate of drug-likeness (QED) is 0.241. The maximum absolute atomic E-state index is 12.6. The summed E-state index contributed by atoms with van der Waals surface area (Å²) in [6, 6.07) is 22.9. The van der Waals surface area contributed by atoms with E-state index in [2.05, 4.69) is 21.6 Å². The molecule has 0 unspecified atom stereocenters. The minimum Gasteiger partial charge on any atom is -0.493 e. The normalized spacial score (nSPS) is 10.6. The zero-order chi connectivity index (χ0) is 23.6. The molecule has 8 nitrogen and oxygen atoms in total. The number of hydrogen-bond donors (Lipinski definition) is 1. The number of anilines is 1. The number of aromatic nitrogens is 3. The van der Waals surface area contributed by atoms with E-state index in [0.717, 1.165) is 5.56 Å². The summed E-state index contributed by atoms with van der Waals surface area (Å²) in [5.41, 5.74) is 1.73. The molecule has 2 heterocycles. The Hall–Kier alpha value is -4.03. The van der Waals surface area contributed by atoms with Crippen molar-refractivity contribution in [1.29, 1.82) is 5.26 Å². The van der Waals surface area contributed by atoms with Crippen LogP contribution in [-0.2, 0) is 11.3 Å². The van der Waals surface area contributed by atoms with E-state index in [1.165, 1.54) is 11.8 Å². The summed E-state index contributed by atoms with van der Waals surface area (Å²) in [5, 5.41) is 20.7. The molecule has 0 saturated heterocycles. The van der Waals surface area contributed by atoms with Gasteiger partial charge < -0.3 is 14.5 Å². The van der Waals surface area contributed by atoms with Gasteiger partial charge in [0.15, 0.2) is 10.9 Å². The maximum atomic E-state index is 12.6. The van der Waals surface area contributed by atoms with E-state index in [-0.39, 0.29) is 11.7 Å². The fraction of sp³-hybridized carbons (Fsp3) is 0.200. The van der Waals surface area contributed by atoms with E-state index in [0.29, 0.717) is 54.2 Å². The maximum Gasteiger partial charge on any atom is 0.234 e. The highest BCUT2D eigenvalue weighted by atomic mass is 32.2. The number of rotatable bonds is 11. The van der Waals surface area contributed by atoms with Gasteiger partial charge >= 0.3 is 0 Å². The van der Waals surface area contributed by atoms with Crippen LogP contribution in [-0.4, -0.2) is 33.0 Å². The second kappa shape index (κ2) is 11.7. The third-order valence-electron chi connectivity index (χ3n) is 4.79. The Labute approximate surface area is 201 Å². The predicted octanol–water partition coefficient (Wildman–Crippen LogP) is 5.00. The number of unbranched alkanes of at least 4 members (excludes halogenated alkanes) is 1. The first kappa shape index (κ1) is 23.1. The number of benzene rings is 2. The topological polar surface area (TPSA) is 106 Å². The zero-order valence-electron chi connectivity index (χ0n) is 18.4. The Morgan fingerprint density at radius 2 is 2.00 bits per heavy atom. The third kappa shape index (κ3) is 6.27. The molecule has 1 amide bonds. The summed E-state index contributed by atoms with van der Waals surface area (Å²) in [7, 11) is 0. The minimum atomic E-state index is -0.166. The van der Waals surface area contributed by atoms with Crippen LogP contribution in [0.15, 0.2) is 82.6 Å². The lowest BCUT2D eigenvalue weighted by Gasteiger charge is -2.10. The molecule has 0 spiro atoms. The molecule has 1 N–H and O–H groups in total. The van der Waals surface area contributed by atoms with Crippen LogP contribution in [0.4, 0.5) is 5.69 Å².